The lowest BCUT2D eigenvalue weighted by atomic mass is 9.83. The Kier molecular flexibility index (Phi) is 19.6. The van der Waals surface area contributed by atoms with Crippen molar-refractivity contribution in [2.75, 3.05) is 40.6 Å². The van der Waals surface area contributed by atoms with Crippen LogP contribution in [-0.4, -0.2) is 58.6 Å². The number of hydrogen-bond acceptors (Lipinski definition) is 7. The van der Waals surface area contributed by atoms with E-state index in [0.717, 1.165) is 56.4 Å². The minimum absolute atomic E-state index is 0.0829. The van der Waals surface area contributed by atoms with Crippen molar-refractivity contribution in [3.8, 4) is 11.5 Å². The third-order valence-electron chi connectivity index (χ3n) is 8.83. The molecule has 8 nitrogen and oxygen atoms in total. The Bertz CT molecular complexity index is 1140. The molecule has 0 aliphatic heterocycles. The SMILES string of the molecule is CCCCOC(=O)NC(C)(C)OC(CCC(Cc1ccc(OC)c(OCCCOC)c1)C(C)C)CC(COCc1ccccc1)C(C)C. The molecule has 48 heavy (non-hydrogen) atoms. The van der Waals surface area contributed by atoms with Gasteiger partial charge in [0.1, 0.15) is 5.72 Å². The molecule has 0 aromatic heterocycles. The van der Waals surface area contributed by atoms with E-state index >= 15 is 0 Å². The van der Waals surface area contributed by atoms with Crippen LogP contribution in [-0.2, 0) is 32.0 Å². The van der Waals surface area contributed by atoms with Crippen LogP contribution >= 0.6 is 0 Å². The van der Waals surface area contributed by atoms with E-state index in [1.165, 1.54) is 11.1 Å². The van der Waals surface area contributed by atoms with Crippen LogP contribution < -0.4 is 14.8 Å². The van der Waals surface area contributed by atoms with Gasteiger partial charge >= 0.3 is 6.09 Å². The highest BCUT2D eigenvalue weighted by Gasteiger charge is 2.30. The van der Waals surface area contributed by atoms with Gasteiger partial charge in [-0.3, -0.25) is 5.32 Å². The molecule has 1 N–H and O–H groups in total. The maximum absolute atomic E-state index is 12.6. The first-order chi connectivity index (χ1) is 23.0. The third kappa shape index (κ3) is 16.5. The fourth-order valence-electron chi connectivity index (χ4n) is 5.75. The molecular formula is C40H65NO7. The van der Waals surface area contributed by atoms with Crippen molar-refractivity contribution in [2.24, 2.45) is 23.7 Å². The predicted molar refractivity (Wildman–Crippen MR) is 194 cm³/mol. The number of nitrogens with one attached hydrogen (secondary N) is 1. The number of ether oxygens (including phenoxy) is 6. The fourth-order valence-corrected chi connectivity index (χ4v) is 5.75. The Morgan fingerprint density at radius 1 is 0.833 bits per heavy atom. The number of rotatable bonds is 25. The molecular weight excluding hydrogens is 606 g/mol. The highest BCUT2D eigenvalue weighted by molar-refractivity contribution is 5.67. The van der Waals surface area contributed by atoms with Gasteiger partial charge in [-0.05, 0) is 92.9 Å². The molecule has 2 aromatic rings. The van der Waals surface area contributed by atoms with Crippen molar-refractivity contribution in [1.82, 2.24) is 5.32 Å². The molecule has 8 heteroatoms. The fraction of sp³-hybridized carbons (Fsp3) is 0.675. The number of carbonyl (C=O) groups is 1. The van der Waals surface area contributed by atoms with Gasteiger partial charge in [0.15, 0.2) is 11.5 Å². The topological polar surface area (TPSA) is 84.5 Å². The van der Waals surface area contributed by atoms with Crippen LogP contribution in [0.5, 0.6) is 11.5 Å². The second-order valence-electron chi connectivity index (χ2n) is 14.1. The summed E-state index contributed by atoms with van der Waals surface area (Å²) in [5, 5.41) is 2.96. The second-order valence-corrected chi connectivity index (χ2v) is 14.1. The van der Waals surface area contributed by atoms with Crippen LogP contribution in [0, 0.1) is 23.7 Å². The summed E-state index contributed by atoms with van der Waals surface area (Å²) in [6, 6.07) is 16.5. The summed E-state index contributed by atoms with van der Waals surface area (Å²) in [6.45, 7) is 17.8. The molecule has 0 saturated carbocycles. The molecule has 0 radical (unpaired) electrons. The quantitative estimate of drug-likeness (QED) is 0.0832. The lowest BCUT2D eigenvalue weighted by molar-refractivity contribution is -0.106. The van der Waals surface area contributed by atoms with Crippen LogP contribution in [0.15, 0.2) is 48.5 Å². The van der Waals surface area contributed by atoms with Crippen LogP contribution in [0.25, 0.3) is 0 Å². The van der Waals surface area contributed by atoms with E-state index in [-0.39, 0.29) is 6.10 Å². The van der Waals surface area contributed by atoms with Crippen molar-refractivity contribution in [3.63, 3.8) is 0 Å². The number of unbranched alkanes of at least 4 members (excludes halogenated alkanes) is 1. The standard InChI is InChI=1S/C40H65NO7/c1-10-11-23-47-39(42)41-40(6,7)48-36(27-35(31(4)5)29-45-28-32-16-13-12-14-17-32)20-19-34(30(2)3)25-33-18-21-37(44-9)38(26-33)46-24-15-22-43-8/h12-14,16-18,21,26,30-31,34-36H,10-11,15,19-20,22-25,27-29H2,1-9H3,(H,41,42). The van der Waals surface area contributed by atoms with Gasteiger partial charge in [-0.15, -0.1) is 0 Å². The van der Waals surface area contributed by atoms with E-state index in [0.29, 0.717) is 56.7 Å². The Labute approximate surface area is 291 Å². The normalized spacial score (nSPS) is 13.7. The molecule has 0 aliphatic rings. The highest BCUT2D eigenvalue weighted by Crippen LogP contribution is 2.33. The number of amides is 1. The summed E-state index contributed by atoms with van der Waals surface area (Å²) < 4.78 is 35.2. The van der Waals surface area contributed by atoms with Crippen molar-refractivity contribution >= 4 is 6.09 Å². The van der Waals surface area contributed by atoms with Crippen LogP contribution in [0.3, 0.4) is 0 Å². The predicted octanol–water partition coefficient (Wildman–Crippen LogP) is 9.23. The maximum Gasteiger partial charge on any atom is 0.409 e. The van der Waals surface area contributed by atoms with Gasteiger partial charge in [0.2, 0.25) is 0 Å². The number of benzene rings is 2. The third-order valence-corrected chi connectivity index (χ3v) is 8.83. The van der Waals surface area contributed by atoms with Crippen molar-refractivity contribution in [3.05, 3.63) is 59.7 Å². The summed E-state index contributed by atoms with van der Waals surface area (Å²) in [6.07, 6.45) is 5.67. The van der Waals surface area contributed by atoms with Crippen molar-refractivity contribution in [1.29, 1.82) is 0 Å². The average molecular weight is 672 g/mol. The zero-order valence-electron chi connectivity index (χ0n) is 31.3. The van der Waals surface area contributed by atoms with E-state index < -0.39 is 11.8 Å². The summed E-state index contributed by atoms with van der Waals surface area (Å²) >= 11 is 0. The first-order valence-electron chi connectivity index (χ1n) is 18.0. The zero-order chi connectivity index (χ0) is 35.4. The van der Waals surface area contributed by atoms with Crippen LogP contribution in [0.1, 0.15) is 98.1 Å². The lowest BCUT2D eigenvalue weighted by Crippen LogP contribution is -2.48. The van der Waals surface area contributed by atoms with Gasteiger partial charge in [0, 0.05) is 20.1 Å². The van der Waals surface area contributed by atoms with Gasteiger partial charge in [-0.25, -0.2) is 4.79 Å². The summed E-state index contributed by atoms with van der Waals surface area (Å²) in [5.74, 6) is 3.10. The van der Waals surface area contributed by atoms with Gasteiger partial charge < -0.3 is 28.4 Å². The van der Waals surface area contributed by atoms with Gasteiger partial charge in [0.25, 0.3) is 0 Å². The van der Waals surface area contributed by atoms with Crippen LogP contribution in [0.2, 0.25) is 0 Å². The number of alkyl carbamates (subject to hydrolysis) is 1. The highest BCUT2D eigenvalue weighted by atomic mass is 16.6. The minimum Gasteiger partial charge on any atom is -0.493 e. The summed E-state index contributed by atoms with van der Waals surface area (Å²) in [5.41, 5.74) is 1.50. The molecule has 0 bridgehead atoms. The maximum atomic E-state index is 12.6. The van der Waals surface area contributed by atoms with E-state index in [4.69, 9.17) is 28.4 Å². The number of carbonyl (C=O) groups excluding carboxylic acids is 1. The van der Waals surface area contributed by atoms with E-state index in [2.05, 4.69) is 64.2 Å². The zero-order valence-corrected chi connectivity index (χ0v) is 31.3. The first-order valence-corrected chi connectivity index (χ1v) is 18.0. The van der Waals surface area contributed by atoms with E-state index in [9.17, 15) is 4.79 Å². The Morgan fingerprint density at radius 2 is 1.56 bits per heavy atom. The van der Waals surface area contributed by atoms with Crippen LogP contribution in [0.4, 0.5) is 4.79 Å². The molecule has 3 atom stereocenters. The lowest BCUT2D eigenvalue weighted by Gasteiger charge is -2.35. The molecule has 3 unspecified atom stereocenters. The molecule has 0 heterocycles. The second kappa shape index (κ2) is 22.8. The van der Waals surface area contributed by atoms with Gasteiger partial charge in [-0.1, -0.05) is 77.4 Å². The average Bonchev–Trinajstić information content (AvgIpc) is 3.04. The molecule has 2 rings (SSSR count). The Morgan fingerprint density at radius 3 is 2.21 bits per heavy atom. The number of hydrogen-bond donors (Lipinski definition) is 1. The van der Waals surface area contributed by atoms with Crippen molar-refractivity contribution < 1.29 is 33.2 Å². The monoisotopic (exact) mass is 671 g/mol. The minimum atomic E-state index is -0.890. The van der Waals surface area contributed by atoms with Crippen molar-refractivity contribution in [2.45, 2.75) is 112 Å². The molecule has 1 amide bonds. The molecule has 272 valence electrons. The van der Waals surface area contributed by atoms with Gasteiger partial charge in [0.05, 0.1) is 39.6 Å². The van der Waals surface area contributed by atoms with E-state index in [1.54, 1.807) is 14.2 Å². The van der Waals surface area contributed by atoms with E-state index in [1.807, 2.05) is 38.1 Å². The summed E-state index contributed by atoms with van der Waals surface area (Å²) in [4.78, 5) is 12.6. The smallest absolute Gasteiger partial charge is 0.409 e. The number of methoxy groups -OCH3 is 2. The molecule has 0 spiro atoms. The molecule has 2 aromatic carbocycles. The van der Waals surface area contributed by atoms with Gasteiger partial charge in [-0.2, -0.15) is 0 Å². The Hall–Kier alpha value is -2.81. The summed E-state index contributed by atoms with van der Waals surface area (Å²) in [7, 11) is 3.37. The Balaban J connectivity index is 2.18. The first kappa shape index (κ1) is 41.4. The molecule has 0 aliphatic carbocycles. The molecule has 0 saturated heterocycles. The largest absolute Gasteiger partial charge is 0.493 e. The molecule has 0 fully saturated rings.